The molecule has 6 nitrogen and oxygen atoms in total. The second kappa shape index (κ2) is 7.64. The third-order valence-corrected chi connectivity index (χ3v) is 2.93. The van der Waals surface area contributed by atoms with E-state index in [1.165, 1.54) is 0 Å². The van der Waals surface area contributed by atoms with Crippen LogP contribution in [0.3, 0.4) is 0 Å². The molecule has 0 fully saturated rings. The van der Waals surface area contributed by atoms with Gasteiger partial charge >= 0.3 is 6.09 Å². The Morgan fingerprint density at radius 3 is 2.81 bits per heavy atom. The molecule has 0 aliphatic heterocycles. The van der Waals surface area contributed by atoms with Crippen LogP contribution >= 0.6 is 11.6 Å². The summed E-state index contributed by atoms with van der Waals surface area (Å²) in [5, 5.41) is 22.4. The maximum Gasteiger partial charge on any atom is 0.404 e. The lowest BCUT2D eigenvalue weighted by Crippen LogP contribution is -2.37. The number of nitrogens with zero attached hydrogens (tertiary/aromatic N) is 2. The molecule has 3 N–H and O–H groups in total. The fraction of sp³-hybridized carbons (Fsp3) is 0.462. The van der Waals surface area contributed by atoms with E-state index in [2.05, 4.69) is 15.6 Å². The van der Waals surface area contributed by atoms with Gasteiger partial charge < -0.3 is 15.7 Å². The van der Waals surface area contributed by atoms with E-state index in [1.54, 1.807) is 6.07 Å². The minimum absolute atomic E-state index is 0.0520. The molecule has 1 aromatic heterocycles. The van der Waals surface area contributed by atoms with Crippen LogP contribution < -0.4 is 10.6 Å². The van der Waals surface area contributed by atoms with Gasteiger partial charge in [-0.1, -0.05) is 25.4 Å². The van der Waals surface area contributed by atoms with Crippen LogP contribution in [0.25, 0.3) is 0 Å². The molecule has 0 bridgehead atoms. The van der Waals surface area contributed by atoms with E-state index in [1.807, 2.05) is 13.8 Å². The number of nitriles is 1. The molecule has 0 saturated heterocycles. The van der Waals surface area contributed by atoms with Gasteiger partial charge in [0.2, 0.25) is 0 Å². The lowest BCUT2D eigenvalue weighted by Gasteiger charge is -2.21. The topological polar surface area (TPSA) is 98.0 Å². The predicted octanol–water partition coefficient (Wildman–Crippen LogP) is 2.84. The average molecular weight is 315 g/mol. The van der Waals surface area contributed by atoms with E-state index in [0.717, 1.165) is 6.07 Å². The number of carboxylic acid groups (broad SMARTS) is 1. The number of anilines is 1. The highest BCUT2D eigenvalue weighted by atomic mass is 35.5. The van der Waals surface area contributed by atoms with Crippen molar-refractivity contribution < 1.29 is 14.3 Å². The van der Waals surface area contributed by atoms with Gasteiger partial charge in [0.25, 0.3) is 0 Å². The largest absolute Gasteiger partial charge is 0.465 e. The Balaban J connectivity index is 2.89. The van der Waals surface area contributed by atoms with Crippen LogP contribution in [0.5, 0.6) is 0 Å². The summed E-state index contributed by atoms with van der Waals surface area (Å²) in [6.45, 7) is 4.03. The number of halogens is 2. The Morgan fingerprint density at radius 1 is 1.62 bits per heavy atom. The smallest absolute Gasteiger partial charge is 0.404 e. The number of amides is 1. The summed E-state index contributed by atoms with van der Waals surface area (Å²) in [6.07, 6.45) is -0.546. The molecule has 0 aliphatic carbocycles. The third-order valence-electron chi connectivity index (χ3n) is 2.65. The lowest BCUT2D eigenvalue weighted by molar-refractivity contribution is 0.193. The highest BCUT2D eigenvalue weighted by Crippen LogP contribution is 2.21. The van der Waals surface area contributed by atoms with Crippen molar-refractivity contribution in [3.63, 3.8) is 0 Å². The van der Waals surface area contributed by atoms with Crippen LogP contribution in [0.1, 0.15) is 25.8 Å². The van der Waals surface area contributed by atoms with Gasteiger partial charge in [-0.2, -0.15) is 5.26 Å². The summed E-state index contributed by atoms with van der Waals surface area (Å²) in [7, 11) is 0. The second-order valence-corrected chi connectivity index (χ2v) is 5.28. The Bertz CT molecular complexity index is 560. The fourth-order valence-corrected chi connectivity index (χ4v) is 1.99. The van der Waals surface area contributed by atoms with E-state index in [-0.39, 0.29) is 35.0 Å². The Hall–Kier alpha value is -2.07. The molecule has 114 valence electrons. The molecule has 0 saturated carbocycles. The molecule has 1 unspecified atom stereocenters. The number of aromatic nitrogens is 1. The van der Waals surface area contributed by atoms with Gasteiger partial charge in [0, 0.05) is 12.6 Å². The lowest BCUT2D eigenvalue weighted by atomic mass is 10.0. The van der Waals surface area contributed by atoms with Gasteiger partial charge in [-0.05, 0) is 18.4 Å². The molecule has 1 aromatic rings. The normalized spacial score (nSPS) is 11.8. The zero-order chi connectivity index (χ0) is 16.0. The molecule has 21 heavy (non-hydrogen) atoms. The van der Waals surface area contributed by atoms with Crippen LogP contribution in [0, 0.1) is 23.1 Å². The van der Waals surface area contributed by atoms with Crippen molar-refractivity contribution in [3.05, 3.63) is 22.6 Å². The molecule has 1 rings (SSSR count). The highest BCUT2D eigenvalue weighted by Gasteiger charge is 2.17. The van der Waals surface area contributed by atoms with E-state index >= 15 is 0 Å². The molecular formula is C13H16ClFN4O2. The standard InChI is InChI=1S/C13H16ClFN4O2/c1-7(2)3-9(6-17-13(20)21)18-12-10(15)4-8(5-16)11(14)19-12/h4,7,9,17H,3,6H2,1-2H3,(H,18,19)(H,20,21). The minimum atomic E-state index is -1.16. The van der Waals surface area contributed by atoms with E-state index in [9.17, 15) is 9.18 Å². The SMILES string of the molecule is CC(C)CC(CNC(=O)O)Nc1nc(Cl)c(C#N)cc1F. The Labute approximate surface area is 126 Å². The molecule has 0 aliphatic rings. The van der Waals surface area contributed by atoms with Crippen molar-refractivity contribution in [3.8, 4) is 6.07 Å². The molecular weight excluding hydrogens is 299 g/mol. The van der Waals surface area contributed by atoms with Gasteiger partial charge in [-0.15, -0.1) is 0 Å². The predicted molar refractivity (Wildman–Crippen MR) is 76.8 cm³/mol. The van der Waals surface area contributed by atoms with Gasteiger partial charge in [0.05, 0.1) is 5.56 Å². The number of pyridine rings is 1. The van der Waals surface area contributed by atoms with Crippen LogP contribution in [0.15, 0.2) is 6.07 Å². The summed E-state index contributed by atoms with van der Waals surface area (Å²) >= 11 is 5.77. The van der Waals surface area contributed by atoms with Crippen molar-refractivity contribution >= 4 is 23.5 Å². The fourth-order valence-electron chi connectivity index (χ4n) is 1.81. The Kier molecular flexibility index (Phi) is 6.18. The zero-order valence-electron chi connectivity index (χ0n) is 11.7. The summed E-state index contributed by atoms with van der Waals surface area (Å²) in [4.78, 5) is 14.4. The van der Waals surface area contributed by atoms with Crippen LogP contribution in [-0.2, 0) is 0 Å². The quantitative estimate of drug-likeness (QED) is 0.701. The van der Waals surface area contributed by atoms with Crippen LogP contribution in [-0.4, -0.2) is 28.8 Å². The zero-order valence-corrected chi connectivity index (χ0v) is 12.4. The van der Waals surface area contributed by atoms with Gasteiger partial charge in [0.15, 0.2) is 11.6 Å². The first-order valence-corrected chi connectivity index (χ1v) is 6.70. The Morgan fingerprint density at radius 2 is 2.29 bits per heavy atom. The molecule has 1 amide bonds. The summed E-state index contributed by atoms with van der Waals surface area (Å²) in [5.41, 5.74) is -0.0520. The average Bonchev–Trinajstić information content (AvgIpc) is 2.39. The first kappa shape index (κ1) is 17.0. The van der Waals surface area contributed by atoms with Crippen molar-refractivity contribution in [1.29, 1.82) is 5.26 Å². The second-order valence-electron chi connectivity index (χ2n) is 4.93. The molecule has 1 atom stereocenters. The summed E-state index contributed by atoms with van der Waals surface area (Å²) in [6, 6.07) is 2.39. The number of nitrogens with one attached hydrogen (secondary N) is 2. The summed E-state index contributed by atoms with van der Waals surface area (Å²) in [5.74, 6) is -0.535. The maximum absolute atomic E-state index is 13.8. The van der Waals surface area contributed by atoms with Crippen LogP contribution in [0.4, 0.5) is 15.0 Å². The van der Waals surface area contributed by atoms with E-state index in [0.29, 0.717) is 6.42 Å². The van der Waals surface area contributed by atoms with Crippen molar-refractivity contribution in [2.24, 2.45) is 5.92 Å². The highest BCUT2D eigenvalue weighted by molar-refractivity contribution is 6.30. The van der Waals surface area contributed by atoms with Gasteiger partial charge in [-0.25, -0.2) is 14.2 Å². The molecule has 0 spiro atoms. The first-order chi connectivity index (χ1) is 9.83. The van der Waals surface area contributed by atoms with Crippen molar-refractivity contribution in [1.82, 2.24) is 10.3 Å². The van der Waals surface area contributed by atoms with Crippen LogP contribution in [0.2, 0.25) is 5.15 Å². The number of hydrogen-bond acceptors (Lipinski definition) is 4. The molecule has 1 heterocycles. The molecule has 0 radical (unpaired) electrons. The summed E-state index contributed by atoms with van der Waals surface area (Å²) < 4.78 is 13.8. The number of hydrogen-bond donors (Lipinski definition) is 3. The molecule has 0 aromatic carbocycles. The maximum atomic E-state index is 13.8. The number of carbonyl (C=O) groups is 1. The number of rotatable bonds is 6. The van der Waals surface area contributed by atoms with E-state index < -0.39 is 11.9 Å². The van der Waals surface area contributed by atoms with Gasteiger partial charge in [-0.3, -0.25) is 0 Å². The van der Waals surface area contributed by atoms with Crippen molar-refractivity contribution in [2.45, 2.75) is 26.3 Å². The monoisotopic (exact) mass is 314 g/mol. The van der Waals surface area contributed by atoms with Crippen molar-refractivity contribution in [2.75, 3.05) is 11.9 Å². The third kappa shape index (κ3) is 5.44. The van der Waals surface area contributed by atoms with Gasteiger partial charge in [0.1, 0.15) is 11.2 Å². The molecule has 8 heteroatoms. The van der Waals surface area contributed by atoms with E-state index in [4.69, 9.17) is 22.0 Å². The minimum Gasteiger partial charge on any atom is -0.465 e. The first-order valence-electron chi connectivity index (χ1n) is 6.33.